The number of anilines is 1. The third-order valence-electron chi connectivity index (χ3n) is 3.92. The Balaban J connectivity index is 2.23. The van der Waals surface area contributed by atoms with Gasteiger partial charge in [0.25, 0.3) is 5.91 Å². The molecule has 1 amide bonds. The molecule has 3 nitrogen and oxygen atoms in total. The van der Waals surface area contributed by atoms with E-state index in [4.69, 9.17) is 11.2 Å². The standard InChI is InChI=1S/C18H10F5NO2/c1-3-6-24-10-7-9(4-5-11(10)26-8(2)18(24)25)12-13(19)15(21)17(23)16(22)14(12)20/h1,4-5,7-8H,6H2,2H3/t8-/m0/s1. The number of terminal acetylenes is 1. The molecule has 0 unspecified atom stereocenters. The first kappa shape index (κ1) is 17.7. The maximum atomic E-state index is 14.0. The van der Waals surface area contributed by atoms with E-state index in [2.05, 4.69) is 5.92 Å². The fraction of sp³-hybridized carbons (Fsp3) is 0.167. The minimum absolute atomic E-state index is 0.0764. The van der Waals surface area contributed by atoms with Gasteiger partial charge in [0, 0.05) is 0 Å². The molecule has 0 aliphatic carbocycles. The smallest absolute Gasteiger partial charge is 0.268 e. The largest absolute Gasteiger partial charge is 0.479 e. The molecule has 0 fully saturated rings. The van der Waals surface area contributed by atoms with Gasteiger partial charge in [-0.2, -0.15) is 0 Å². The van der Waals surface area contributed by atoms with Crippen molar-refractivity contribution < 1.29 is 31.5 Å². The summed E-state index contributed by atoms with van der Waals surface area (Å²) < 4.78 is 73.6. The summed E-state index contributed by atoms with van der Waals surface area (Å²) >= 11 is 0. The van der Waals surface area contributed by atoms with E-state index in [-0.39, 0.29) is 23.5 Å². The summed E-state index contributed by atoms with van der Waals surface area (Å²) in [5.41, 5.74) is -1.34. The maximum absolute atomic E-state index is 14.0. The predicted molar refractivity (Wildman–Crippen MR) is 82.9 cm³/mol. The summed E-state index contributed by atoms with van der Waals surface area (Å²) in [6, 6.07) is 3.50. The Morgan fingerprint density at radius 3 is 2.23 bits per heavy atom. The number of carbonyl (C=O) groups is 1. The molecule has 2 aromatic rings. The van der Waals surface area contributed by atoms with Crippen LogP contribution in [0.15, 0.2) is 18.2 Å². The van der Waals surface area contributed by atoms with E-state index in [1.54, 1.807) is 0 Å². The van der Waals surface area contributed by atoms with Crippen LogP contribution in [0.25, 0.3) is 11.1 Å². The van der Waals surface area contributed by atoms with Gasteiger partial charge >= 0.3 is 0 Å². The summed E-state index contributed by atoms with van der Waals surface area (Å²) in [5.74, 6) is -8.34. The van der Waals surface area contributed by atoms with Gasteiger partial charge in [-0.1, -0.05) is 12.0 Å². The lowest BCUT2D eigenvalue weighted by atomic mass is 10.0. The van der Waals surface area contributed by atoms with E-state index in [1.807, 2.05) is 0 Å². The number of benzene rings is 2. The number of nitrogens with zero attached hydrogens (tertiary/aromatic N) is 1. The molecule has 26 heavy (non-hydrogen) atoms. The van der Waals surface area contributed by atoms with E-state index in [1.165, 1.54) is 13.0 Å². The van der Waals surface area contributed by atoms with Crippen molar-refractivity contribution in [1.29, 1.82) is 0 Å². The summed E-state index contributed by atoms with van der Waals surface area (Å²) in [4.78, 5) is 13.3. The number of halogens is 5. The highest BCUT2D eigenvalue weighted by Crippen LogP contribution is 2.39. The van der Waals surface area contributed by atoms with Gasteiger partial charge in [0.2, 0.25) is 5.82 Å². The van der Waals surface area contributed by atoms with Gasteiger partial charge in [-0.25, -0.2) is 22.0 Å². The van der Waals surface area contributed by atoms with Gasteiger partial charge in [0.05, 0.1) is 17.8 Å². The molecule has 0 bridgehead atoms. The van der Waals surface area contributed by atoms with Gasteiger partial charge in [-0.05, 0) is 24.6 Å². The van der Waals surface area contributed by atoms with Crippen molar-refractivity contribution >= 4 is 11.6 Å². The second kappa shape index (κ2) is 6.33. The van der Waals surface area contributed by atoms with Crippen LogP contribution < -0.4 is 9.64 Å². The molecule has 0 radical (unpaired) electrons. The molecule has 3 rings (SSSR count). The molecule has 0 spiro atoms. The van der Waals surface area contributed by atoms with Crippen LogP contribution in [0.2, 0.25) is 0 Å². The third kappa shape index (κ3) is 2.56. The van der Waals surface area contributed by atoms with Crippen molar-refractivity contribution in [2.75, 3.05) is 11.4 Å². The first-order valence-corrected chi connectivity index (χ1v) is 7.35. The van der Waals surface area contributed by atoms with Crippen molar-refractivity contribution in [3.05, 3.63) is 47.3 Å². The molecule has 0 saturated carbocycles. The first-order valence-electron chi connectivity index (χ1n) is 7.35. The molecule has 0 N–H and O–H groups in total. The van der Waals surface area contributed by atoms with Gasteiger partial charge in [0.1, 0.15) is 5.75 Å². The normalized spacial score (nSPS) is 16.1. The lowest BCUT2D eigenvalue weighted by Gasteiger charge is -2.32. The van der Waals surface area contributed by atoms with Crippen LogP contribution in [0.5, 0.6) is 5.75 Å². The highest BCUT2D eigenvalue weighted by Gasteiger charge is 2.33. The zero-order chi connectivity index (χ0) is 19.2. The van der Waals surface area contributed by atoms with Crippen LogP contribution in [-0.2, 0) is 4.79 Å². The van der Waals surface area contributed by atoms with Crippen LogP contribution >= 0.6 is 0 Å². The van der Waals surface area contributed by atoms with E-state index >= 15 is 0 Å². The summed E-state index contributed by atoms with van der Waals surface area (Å²) in [6.07, 6.45) is 4.40. The van der Waals surface area contributed by atoms with E-state index in [0.29, 0.717) is 0 Å². The highest BCUT2D eigenvalue weighted by molar-refractivity contribution is 6.00. The topological polar surface area (TPSA) is 29.5 Å². The van der Waals surface area contributed by atoms with Gasteiger partial charge < -0.3 is 4.74 Å². The molecule has 2 aromatic carbocycles. The second-order valence-corrected chi connectivity index (χ2v) is 5.52. The third-order valence-corrected chi connectivity index (χ3v) is 3.92. The van der Waals surface area contributed by atoms with Crippen LogP contribution in [0, 0.1) is 41.4 Å². The Morgan fingerprint density at radius 2 is 1.65 bits per heavy atom. The van der Waals surface area contributed by atoms with Crippen molar-refractivity contribution in [3.63, 3.8) is 0 Å². The molecular weight excluding hydrogens is 357 g/mol. The summed E-state index contributed by atoms with van der Waals surface area (Å²) in [6.45, 7) is 1.34. The average molecular weight is 367 g/mol. The zero-order valence-electron chi connectivity index (χ0n) is 13.2. The van der Waals surface area contributed by atoms with Gasteiger partial charge in [-0.3, -0.25) is 9.69 Å². The summed E-state index contributed by atoms with van der Waals surface area (Å²) in [5, 5.41) is 0. The van der Waals surface area contributed by atoms with Crippen LogP contribution in [0.1, 0.15) is 6.92 Å². The molecule has 1 heterocycles. The van der Waals surface area contributed by atoms with Crippen LogP contribution in [-0.4, -0.2) is 18.6 Å². The van der Waals surface area contributed by atoms with Crippen LogP contribution in [0.4, 0.5) is 27.6 Å². The van der Waals surface area contributed by atoms with Gasteiger partial charge in [0.15, 0.2) is 29.4 Å². The molecule has 1 aliphatic rings. The lowest BCUT2D eigenvalue weighted by Crippen LogP contribution is -2.44. The molecule has 0 saturated heterocycles. The Hall–Kier alpha value is -3.08. The van der Waals surface area contributed by atoms with Crippen molar-refractivity contribution in [1.82, 2.24) is 0 Å². The molecule has 1 aliphatic heterocycles. The Bertz CT molecular complexity index is 938. The maximum Gasteiger partial charge on any atom is 0.268 e. The van der Waals surface area contributed by atoms with Crippen molar-refractivity contribution in [3.8, 4) is 29.2 Å². The van der Waals surface area contributed by atoms with Gasteiger partial charge in [-0.15, -0.1) is 6.42 Å². The predicted octanol–water partition coefficient (Wildman–Crippen LogP) is 3.80. The number of carbonyl (C=O) groups excluding carboxylic acids is 1. The Labute approximate surface area is 145 Å². The van der Waals surface area contributed by atoms with Crippen LogP contribution in [0.3, 0.4) is 0 Å². The first-order chi connectivity index (χ1) is 12.3. The SMILES string of the molecule is C#CCN1C(=O)[C@H](C)Oc2ccc(-c3c(F)c(F)c(F)c(F)c3F)cc21. The Morgan fingerprint density at radius 1 is 1.08 bits per heavy atom. The Kier molecular flexibility index (Phi) is 4.32. The minimum atomic E-state index is -2.25. The monoisotopic (exact) mass is 367 g/mol. The number of fused-ring (bicyclic) bond motifs is 1. The lowest BCUT2D eigenvalue weighted by molar-refractivity contribution is -0.125. The molecule has 8 heteroatoms. The minimum Gasteiger partial charge on any atom is -0.479 e. The number of amides is 1. The van der Waals surface area contributed by atoms with E-state index in [9.17, 15) is 26.7 Å². The molecule has 134 valence electrons. The summed E-state index contributed by atoms with van der Waals surface area (Å²) in [7, 11) is 0. The van der Waals surface area contributed by atoms with Crippen molar-refractivity contribution in [2.45, 2.75) is 13.0 Å². The fourth-order valence-corrected chi connectivity index (χ4v) is 2.68. The number of hydrogen-bond acceptors (Lipinski definition) is 2. The average Bonchev–Trinajstić information content (AvgIpc) is 2.62. The zero-order valence-corrected chi connectivity index (χ0v) is 13.2. The van der Waals surface area contributed by atoms with Crippen molar-refractivity contribution in [2.24, 2.45) is 0 Å². The van der Waals surface area contributed by atoms with E-state index < -0.39 is 46.7 Å². The number of hydrogen-bond donors (Lipinski definition) is 0. The fourth-order valence-electron chi connectivity index (χ4n) is 2.68. The molecule has 1 atom stereocenters. The quantitative estimate of drug-likeness (QED) is 0.350. The second-order valence-electron chi connectivity index (χ2n) is 5.52. The molecular formula is C18H10F5NO2. The number of ether oxygens (including phenoxy) is 1. The van der Waals surface area contributed by atoms with E-state index in [0.717, 1.165) is 17.0 Å². The number of rotatable bonds is 2. The molecule has 0 aromatic heterocycles. The highest BCUT2D eigenvalue weighted by atomic mass is 19.2.